The molecule has 10 heteroatoms. The fourth-order valence-electron chi connectivity index (χ4n) is 4.94. The van der Waals surface area contributed by atoms with Crippen LogP contribution in [0.1, 0.15) is 22.4 Å². The maximum atomic E-state index is 12.4. The molecule has 1 unspecified atom stereocenters. The number of aliphatic hydroxyl groups is 2. The van der Waals surface area contributed by atoms with Gasteiger partial charge in [0.15, 0.2) is 11.2 Å². The average Bonchev–Trinajstić information content (AvgIpc) is 3.57. The molecule has 0 fully saturated rings. The van der Waals surface area contributed by atoms with Gasteiger partial charge < -0.3 is 14.8 Å². The topological polar surface area (TPSA) is 101 Å². The maximum absolute atomic E-state index is 12.4. The summed E-state index contributed by atoms with van der Waals surface area (Å²) in [6.45, 7) is -0.297. The van der Waals surface area contributed by atoms with E-state index in [0.29, 0.717) is 43.6 Å². The third-order valence-corrected chi connectivity index (χ3v) is 7.16. The second-order valence-corrected chi connectivity index (χ2v) is 9.65. The Balaban J connectivity index is 1.73. The minimum atomic E-state index is -1.56. The van der Waals surface area contributed by atoms with Gasteiger partial charge in [-0.15, -0.1) is 5.10 Å². The molecule has 1 atom stereocenters. The minimum absolute atomic E-state index is 0.297. The number of aryl methyl sites for hydroxylation is 1. The zero-order valence-corrected chi connectivity index (χ0v) is 21.1. The third-order valence-electron chi connectivity index (χ3n) is 6.67. The van der Waals surface area contributed by atoms with Crippen LogP contribution in [0, 0.1) is 0 Å². The lowest BCUT2D eigenvalue weighted by atomic mass is 9.82. The van der Waals surface area contributed by atoms with Crippen molar-refractivity contribution in [3.05, 3.63) is 112 Å². The Kier molecular flexibility index (Phi) is 5.69. The van der Waals surface area contributed by atoms with Crippen molar-refractivity contribution in [3.63, 3.8) is 0 Å². The van der Waals surface area contributed by atoms with Gasteiger partial charge in [-0.1, -0.05) is 53.5 Å². The van der Waals surface area contributed by atoms with Gasteiger partial charge in [-0.25, -0.2) is 4.98 Å². The van der Waals surface area contributed by atoms with E-state index in [-0.39, 0.29) is 6.61 Å². The van der Waals surface area contributed by atoms with Crippen LogP contribution in [-0.2, 0) is 19.3 Å². The Bertz CT molecular complexity index is 1780. The first-order valence-electron chi connectivity index (χ1n) is 11.4. The first kappa shape index (κ1) is 23.6. The molecule has 0 bridgehead atoms. The van der Waals surface area contributed by atoms with E-state index < -0.39 is 5.60 Å². The van der Waals surface area contributed by atoms with E-state index in [0.717, 1.165) is 16.5 Å². The molecule has 8 nitrogen and oxygen atoms in total. The Labute approximate surface area is 221 Å². The summed E-state index contributed by atoms with van der Waals surface area (Å²) in [5.41, 5.74) is 3.44. The van der Waals surface area contributed by atoms with E-state index in [1.807, 2.05) is 43.4 Å². The van der Waals surface area contributed by atoms with Crippen LogP contribution in [-0.4, -0.2) is 39.8 Å². The van der Waals surface area contributed by atoms with Gasteiger partial charge in [0.25, 0.3) is 0 Å². The molecular formula is C27H20Cl2N6O2. The molecule has 3 aromatic carbocycles. The highest BCUT2D eigenvalue weighted by molar-refractivity contribution is 6.31. The number of nitrogens with zero attached hydrogens (tertiary/aromatic N) is 6. The molecule has 0 aliphatic heterocycles. The van der Waals surface area contributed by atoms with Crippen molar-refractivity contribution in [1.29, 1.82) is 0 Å². The lowest BCUT2D eigenvalue weighted by molar-refractivity contribution is 0.117. The number of benzene rings is 3. The number of imidazole rings is 1. The van der Waals surface area contributed by atoms with Gasteiger partial charge in [-0.05, 0) is 63.5 Å². The van der Waals surface area contributed by atoms with Gasteiger partial charge in [0.2, 0.25) is 0 Å². The summed E-state index contributed by atoms with van der Waals surface area (Å²) in [6.07, 6.45) is 3.28. The van der Waals surface area contributed by atoms with Gasteiger partial charge in [-0.2, -0.15) is 4.52 Å². The van der Waals surface area contributed by atoms with Crippen molar-refractivity contribution < 1.29 is 10.2 Å². The van der Waals surface area contributed by atoms with Crippen LogP contribution in [0.2, 0.25) is 10.0 Å². The zero-order chi connectivity index (χ0) is 25.7. The molecule has 0 radical (unpaired) electrons. The standard InChI is InChI=1S/C27H20Cl2N6O2/c1-34-15-30-13-24(34)27(37,17-5-8-19(28)9-6-17)18-7-10-23-21(12-18)25(16-3-2-4-20(29)11-16)22(14-36)26-31-32-33-35(23)26/h2-13,15,36-37H,14H2,1H3. The minimum Gasteiger partial charge on any atom is -0.392 e. The number of fused-ring (bicyclic) bond motifs is 3. The zero-order valence-electron chi connectivity index (χ0n) is 19.5. The molecule has 184 valence electrons. The van der Waals surface area contributed by atoms with Crippen LogP contribution in [0.25, 0.3) is 27.7 Å². The molecule has 3 heterocycles. The van der Waals surface area contributed by atoms with Crippen molar-refractivity contribution in [2.24, 2.45) is 7.05 Å². The van der Waals surface area contributed by atoms with Gasteiger partial charge in [-0.3, -0.25) is 0 Å². The Morgan fingerprint density at radius 1 is 0.946 bits per heavy atom. The van der Waals surface area contributed by atoms with Crippen molar-refractivity contribution >= 4 is 39.8 Å². The summed E-state index contributed by atoms with van der Waals surface area (Å²) >= 11 is 12.5. The van der Waals surface area contributed by atoms with Crippen LogP contribution in [0.5, 0.6) is 0 Å². The Morgan fingerprint density at radius 2 is 1.73 bits per heavy atom. The number of aromatic nitrogens is 6. The Hall–Kier alpha value is -3.82. The number of pyridine rings is 1. The smallest absolute Gasteiger partial charge is 0.186 e. The van der Waals surface area contributed by atoms with Crippen molar-refractivity contribution in [2.45, 2.75) is 12.2 Å². The van der Waals surface area contributed by atoms with Gasteiger partial charge in [0.1, 0.15) is 0 Å². The molecule has 3 aromatic heterocycles. The van der Waals surface area contributed by atoms with Crippen molar-refractivity contribution in [2.75, 3.05) is 0 Å². The first-order valence-corrected chi connectivity index (χ1v) is 12.2. The van der Waals surface area contributed by atoms with E-state index in [1.165, 1.54) is 0 Å². The molecule has 37 heavy (non-hydrogen) atoms. The first-order chi connectivity index (χ1) is 17.9. The van der Waals surface area contributed by atoms with Crippen LogP contribution in [0.3, 0.4) is 0 Å². The fourth-order valence-corrected chi connectivity index (χ4v) is 5.26. The number of rotatable bonds is 5. The van der Waals surface area contributed by atoms with Crippen LogP contribution >= 0.6 is 23.2 Å². The number of tetrazole rings is 1. The third kappa shape index (κ3) is 3.69. The summed E-state index contributed by atoms with van der Waals surface area (Å²) in [5, 5.41) is 36.9. The average molecular weight is 531 g/mol. The molecule has 0 aliphatic carbocycles. The van der Waals surface area contributed by atoms with Crippen molar-refractivity contribution in [3.8, 4) is 11.1 Å². The number of halogens is 2. The monoisotopic (exact) mass is 530 g/mol. The highest BCUT2D eigenvalue weighted by atomic mass is 35.5. The van der Waals surface area contributed by atoms with E-state index in [4.69, 9.17) is 23.2 Å². The normalized spacial score (nSPS) is 13.3. The second-order valence-electron chi connectivity index (χ2n) is 8.78. The lowest BCUT2D eigenvalue weighted by Gasteiger charge is -2.30. The lowest BCUT2D eigenvalue weighted by Crippen LogP contribution is -2.31. The van der Waals surface area contributed by atoms with Crippen LogP contribution in [0.15, 0.2) is 79.3 Å². The van der Waals surface area contributed by atoms with Crippen molar-refractivity contribution in [1.82, 2.24) is 29.6 Å². The molecule has 0 spiro atoms. The van der Waals surface area contributed by atoms with Crippen LogP contribution < -0.4 is 0 Å². The summed E-state index contributed by atoms with van der Waals surface area (Å²) in [7, 11) is 1.83. The molecule has 2 N–H and O–H groups in total. The highest BCUT2D eigenvalue weighted by Crippen LogP contribution is 2.41. The molecule has 6 aromatic rings. The molecule has 0 saturated carbocycles. The quantitative estimate of drug-likeness (QED) is 0.333. The molecule has 0 saturated heterocycles. The fraction of sp³-hybridized carbons (Fsp3) is 0.111. The highest BCUT2D eigenvalue weighted by Gasteiger charge is 2.37. The predicted molar refractivity (Wildman–Crippen MR) is 141 cm³/mol. The van der Waals surface area contributed by atoms with E-state index in [1.54, 1.807) is 51.9 Å². The largest absolute Gasteiger partial charge is 0.392 e. The summed E-state index contributed by atoms with van der Waals surface area (Å²) < 4.78 is 3.37. The van der Waals surface area contributed by atoms with Crippen LogP contribution in [0.4, 0.5) is 0 Å². The van der Waals surface area contributed by atoms with Gasteiger partial charge in [0, 0.05) is 33.6 Å². The van der Waals surface area contributed by atoms with E-state index >= 15 is 0 Å². The Morgan fingerprint density at radius 3 is 2.43 bits per heavy atom. The summed E-state index contributed by atoms with van der Waals surface area (Å²) in [4.78, 5) is 4.25. The predicted octanol–water partition coefficient (Wildman–Crippen LogP) is 4.76. The maximum Gasteiger partial charge on any atom is 0.186 e. The van der Waals surface area contributed by atoms with Gasteiger partial charge in [0.05, 0.1) is 30.3 Å². The molecule has 0 aliphatic rings. The molecule has 6 rings (SSSR count). The number of hydrogen-bond donors (Lipinski definition) is 2. The number of hydrogen-bond acceptors (Lipinski definition) is 6. The SMILES string of the molecule is Cn1cncc1C(O)(c1ccc(Cl)cc1)c1ccc2c(c1)c(-c1cccc(Cl)c1)c(CO)c1nnnn12. The van der Waals surface area contributed by atoms with E-state index in [2.05, 4.69) is 20.5 Å². The second kappa shape index (κ2) is 8.93. The number of aliphatic hydroxyl groups excluding tert-OH is 1. The van der Waals surface area contributed by atoms with E-state index in [9.17, 15) is 10.2 Å². The summed E-state index contributed by atoms with van der Waals surface area (Å²) in [5.74, 6) is 0. The summed E-state index contributed by atoms with van der Waals surface area (Å²) in [6, 6.07) is 20.0. The van der Waals surface area contributed by atoms with Gasteiger partial charge >= 0.3 is 0 Å². The molecular weight excluding hydrogens is 511 g/mol. The molecule has 0 amide bonds.